The van der Waals surface area contributed by atoms with Crippen molar-refractivity contribution in [3.63, 3.8) is 0 Å². The number of aliphatic hydroxyl groups excluding tert-OH is 1. The maximum atomic E-state index is 9.54. The molecule has 1 aliphatic heterocycles. The summed E-state index contributed by atoms with van der Waals surface area (Å²) in [4.78, 5) is 0. The van der Waals surface area contributed by atoms with E-state index in [1.54, 1.807) is 0 Å². The van der Waals surface area contributed by atoms with Gasteiger partial charge in [0.05, 0.1) is 6.10 Å². The van der Waals surface area contributed by atoms with Crippen LogP contribution in [0.1, 0.15) is 25.3 Å². The third-order valence-corrected chi connectivity index (χ3v) is 3.05. The Labute approximate surface area is 90.9 Å². The Morgan fingerprint density at radius 3 is 2.60 bits per heavy atom. The largest absolute Gasteiger partial charge is 0.368 e. The average molecular weight is 206 g/mol. The summed E-state index contributed by atoms with van der Waals surface area (Å²) in [6, 6.07) is 10.3. The van der Waals surface area contributed by atoms with Crippen molar-refractivity contribution in [3.05, 3.63) is 35.9 Å². The molecule has 1 fully saturated rings. The summed E-state index contributed by atoms with van der Waals surface area (Å²) < 4.78 is 5.32. The van der Waals surface area contributed by atoms with Gasteiger partial charge in [-0.2, -0.15) is 0 Å². The smallest absolute Gasteiger partial charge is 0.160 e. The van der Waals surface area contributed by atoms with E-state index in [1.165, 1.54) is 5.56 Å². The second-order valence-electron chi connectivity index (χ2n) is 4.21. The molecule has 0 radical (unpaired) electrons. The normalized spacial score (nSPS) is 29.9. The molecule has 1 heterocycles. The standard InChI is InChI=1S/C13H18O2/c1-2-6-12-11(13(14)15-12)9-10-7-4-3-5-8-10/h3-5,7-8,11-14H,2,6,9H2,1H3. The van der Waals surface area contributed by atoms with Crippen LogP contribution in [0.2, 0.25) is 0 Å². The van der Waals surface area contributed by atoms with Gasteiger partial charge in [-0.3, -0.25) is 0 Å². The molecule has 0 aliphatic carbocycles. The summed E-state index contributed by atoms with van der Waals surface area (Å²) in [6.45, 7) is 2.15. The van der Waals surface area contributed by atoms with Crippen LogP contribution in [0.25, 0.3) is 0 Å². The first-order valence-electron chi connectivity index (χ1n) is 5.68. The molecule has 1 saturated heterocycles. The highest BCUT2D eigenvalue weighted by molar-refractivity contribution is 5.16. The van der Waals surface area contributed by atoms with Gasteiger partial charge < -0.3 is 9.84 Å². The van der Waals surface area contributed by atoms with E-state index in [0.29, 0.717) is 0 Å². The SMILES string of the molecule is CCCC1OC(O)C1Cc1ccccc1. The number of benzene rings is 1. The molecule has 15 heavy (non-hydrogen) atoms. The Hall–Kier alpha value is -0.860. The highest BCUT2D eigenvalue weighted by Crippen LogP contribution is 2.32. The van der Waals surface area contributed by atoms with Crippen LogP contribution >= 0.6 is 0 Å². The van der Waals surface area contributed by atoms with E-state index in [-0.39, 0.29) is 12.0 Å². The van der Waals surface area contributed by atoms with Crippen molar-refractivity contribution in [2.45, 2.75) is 38.6 Å². The maximum absolute atomic E-state index is 9.54. The van der Waals surface area contributed by atoms with Crippen LogP contribution in [0.15, 0.2) is 30.3 Å². The van der Waals surface area contributed by atoms with Gasteiger partial charge in [-0.1, -0.05) is 43.7 Å². The van der Waals surface area contributed by atoms with E-state index >= 15 is 0 Å². The Morgan fingerprint density at radius 1 is 1.27 bits per heavy atom. The van der Waals surface area contributed by atoms with Crippen LogP contribution < -0.4 is 0 Å². The second kappa shape index (κ2) is 4.77. The fourth-order valence-electron chi connectivity index (χ4n) is 2.16. The van der Waals surface area contributed by atoms with Crippen LogP contribution in [0.4, 0.5) is 0 Å². The third kappa shape index (κ3) is 2.39. The molecule has 1 aromatic carbocycles. The summed E-state index contributed by atoms with van der Waals surface area (Å²) in [7, 11) is 0. The summed E-state index contributed by atoms with van der Waals surface area (Å²) in [5.74, 6) is 0.285. The number of ether oxygens (including phenoxy) is 1. The fraction of sp³-hybridized carbons (Fsp3) is 0.538. The van der Waals surface area contributed by atoms with Gasteiger partial charge in [-0.25, -0.2) is 0 Å². The predicted octanol–water partition coefficient (Wildman–Crippen LogP) is 2.36. The molecule has 0 spiro atoms. The van der Waals surface area contributed by atoms with Crippen LogP contribution in [-0.2, 0) is 11.2 Å². The van der Waals surface area contributed by atoms with Gasteiger partial charge in [0, 0.05) is 5.92 Å². The van der Waals surface area contributed by atoms with E-state index in [0.717, 1.165) is 19.3 Å². The molecule has 0 bridgehead atoms. The van der Waals surface area contributed by atoms with Crippen molar-refractivity contribution in [1.29, 1.82) is 0 Å². The summed E-state index contributed by atoms with van der Waals surface area (Å²) in [5.41, 5.74) is 1.28. The average Bonchev–Trinajstić information content (AvgIpc) is 2.27. The van der Waals surface area contributed by atoms with Crippen LogP contribution in [0.3, 0.4) is 0 Å². The summed E-state index contributed by atoms with van der Waals surface area (Å²) >= 11 is 0. The van der Waals surface area contributed by atoms with Crippen molar-refractivity contribution >= 4 is 0 Å². The van der Waals surface area contributed by atoms with Crippen molar-refractivity contribution < 1.29 is 9.84 Å². The monoisotopic (exact) mass is 206 g/mol. The number of hydrogen-bond donors (Lipinski definition) is 1. The molecule has 0 amide bonds. The number of hydrogen-bond acceptors (Lipinski definition) is 2. The Kier molecular flexibility index (Phi) is 3.39. The lowest BCUT2D eigenvalue weighted by atomic mass is 9.86. The van der Waals surface area contributed by atoms with E-state index in [2.05, 4.69) is 19.1 Å². The van der Waals surface area contributed by atoms with Gasteiger partial charge in [0.25, 0.3) is 0 Å². The highest BCUT2D eigenvalue weighted by atomic mass is 16.6. The lowest BCUT2D eigenvalue weighted by molar-refractivity contribution is -0.282. The zero-order valence-corrected chi connectivity index (χ0v) is 9.10. The topological polar surface area (TPSA) is 29.5 Å². The molecular weight excluding hydrogens is 188 g/mol. The summed E-state index contributed by atoms with van der Waals surface area (Å²) in [5, 5.41) is 9.54. The molecule has 2 nitrogen and oxygen atoms in total. The van der Waals surface area contributed by atoms with Gasteiger partial charge in [0.2, 0.25) is 0 Å². The highest BCUT2D eigenvalue weighted by Gasteiger charge is 2.40. The molecule has 3 unspecified atom stereocenters. The first-order valence-corrected chi connectivity index (χ1v) is 5.68. The molecule has 1 aromatic rings. The van der Waals surface area contributed by atoms with Crippen LogP contribution in [-0.4, -0.2) is 17.5 Å². The lowest BCUT2D eigenvalue weighted by Gasteiger charge is -2.42. The van der Waals surface area contributed by atoms with Gasteiger partial charge in [0.15, 0.2) is 6.29 Å². The van der Waals surface area contributed by atoms with Gasteiger partial charge >= 0.3 is 0 Å². The molecule has 0 aromatic heterocycles. The molecule has 3 atom stereocenters. The van der Waals surface area contributed by atoms with E-state index < -0.39 is 6.29 Å². The minimum atomic E-state index is -0.554. The van der Waals surface area contributed by atoms with Gasteiger partial charge in [-0.05, 0) is 18.4 Å². The first kappa shape index (κ1) is 10.7. The number of aliphatic hydroxyl groups is 1. The molecule has 2 rings (SSSR count). The summed E-state index contributed by atoms with van der Waals surface area (Å²) in [6.07, 6.45) is 2.79. The van der Waals surface area contributed by atoms with E-state index in [9.17, 15) is 5.11 Å². The van der Waals surface area contributed by atoms with Crippen molar-refractivity contribution in [2.24, 2.45) is 5.92 Å². The zero-order chi connectivity index (χ0) is 10.7. The lowest BCUT2D eigenvalue weighted by Crippen LogP contribution is -2.49. The van der Waals surface area contributed by atoms with Crippen molar-refractivity contribution in [1.82, 2.24) is 0 Å². The van der Waals surface area contributed by atoms with E-state index in [4.69, 9.17) is 4.74 Å². The Bertz CT molecular complexity index is 295. The van der Waals surface area contributed by atoms with Crippen molar-refractivity contribution in [2.75, 3.05) is 0 Å². The van der Waals surface area contributed by atoms with E-state index in [1.807, 2.05) is 18.2 Å². The molecule has 1 aliphatic rings. The van der Waals surface area contributed by atoms with Crippen LogP contribution in [0, 0.1) is 5.92 Å². The third-order valence-electron chi connectivity index (χ3n) is 3.05. The van der Waals surface area contributed by atoms with Crippen molar-refractivity contribution in [3.8, 4) is 0 Å². The molecule has 2 heteroatoms. The minimum Gasteiger partial charge on any atom is -0.368 e. The van der Waals surface area contributed by atoms with Crippen LogP contribution in [0.5, 0.6) is 0 Å². The van der Waals surface area contributed by atoms with Gasteiger partial charge in [-0.15, -0.1) is 0 Å². The predicted molar refractivity (Wildman–Crippen MR) is 59.4 cm³/mol. The molecule has 1 N–H and O–H groups in total. The molecule has 0 saturated carbocycles. The van der Waals surface area contributed by atoms with Gasteiger partial charge in [0.1, 0.15) is 0 Å². The maximum Gasteiger partial charge on any atom is 0.160 e. The Morgan fingerprint density at radius 2 is 2.00 bits per heavy atom. The second-order valence-corrected chi connectivity index (χ2v) is 4.21. The molecule has 82 valence electrons. The fourth-order valence-corrected chi connectivity index (χ4v) is 2.16. The quantitative estimate of drug-likeness (QED) is 0.819. The Balaban J connectivity index is 1.93. The first-order chi connectivity index (χ1) is 7.31. The number of rotatable bonds is 4. The molecular formula is C13H18O2. The minimum absolute atomic E-state index is 0.255. The zero-order valence-electron chi connectivity index (χ0n) is 9.10.